The molecule has 0 aromatic rings. The van der Waals surface area contributed by atoms with Gasteiger partial charge in [0.25, 0.3) is 0 Å². The van der Waals surface area contributed by atoms with Crippen molar-refractivity contribution in [1.29, 1.82) is 0 Å². The van der Waals surface area contributed by atoms with E-state index >= 15 is 0 Å². The van der Waals surface area contributed by atoms with E-state index in [9.17, 15) is 13.2 Å². The first-order valence-electron chi connectivity index (χ1n) is 2.82. The average Bonchev–Trinajstić information content (AvgIpc) is 1.59. The number of hydrogen-bond acceptors (Lipinski definition) is 0. The van der Waals surface area contributed by atoms with Crippen molar-refractivity contribution in [1.82, 2.24) is 0 Å². The Bertz CT molecular complexity index is 77.6. The number of alkyl halides is 3. The molecule has 0 unspecified atom stereocenters. The van der Waals surface area contributed by atoms with Crippen molar-refractivity contribution in [2.75, 3.05) is 0 Å². The predicted molar refractivity (Wildman–Crippen MR) is 29.8 cm³/mol. The third kappa shape index (κ3) is 11.6. The van der Waals surface area contributed by atoms with Gasteiger partial charge in [0.2, 0.25) is 0 Å². The normalized spacial score (nSPS) is 11.4. The largest absolute Gasteiger partial charge is 0.363 e. The predicted octanol–water partition coefficient (Wildman–Crippen LogP) is 2.80. The minimum atomic E-state index is -4.02. The number of hydrogen-bond donors (Lipinski definition) is 0. The SMILES string of the molecule is CC(C)[CH-]CC(F)(F)F.[U]. The summed E-state index contributed by atoms with van der Waals surface area (Å²) in [5, 5.41) is 0. The van der Waals surface area contributed by atoms with Crippen LogP contribution in [-0.4, -0.2) is 6.18 Å². The van der Waals surface area contributed by atoms with E-state index in [1.54, 1.807) is 13.8 Å². The Hall–Kier alpha value is 0.842. The third-order valence-electron chi connectivity index (χ3n) is 0.821. The summed E-state index contributed by atoms with van der Waals surface area (Å²) in [6, 6.07) is 0. The fraction of sp³-hybridized carbons (Fsp3) is 0.833. The van der Waals surface area contributed by atoms with Gasteiger partial charge in [-0.15, -0.1) is 0 Å². The van der Waals surface area contributed by atoms with E-state index in [-0.39, 0.29) is 37.0 Å². The maximum Gasteiger partial charge on any atom is 0.363 e. The Balaban J connectivity index is 0. The van der Waals surface area contributed by atoms with Crippen LogP contribution in [-0.2, 0) is 0 Å². The molecule has 0 radical (unpaired) electrons. The van der Waals surface area contributed by atoms with Crippen LogP contribution in [0.15, 0.2) is 0 Å². The van der Waals surface area contributed by atoms with Crippen LogP contribution in [0.3, 0.4) is 0 Å². The van der Waals surface area contributed by atoms with Gasteiger partial charge in [-0.3, -0.25) is 0 Å². The van der Waals surface area contributed by atoms with Gasteiger partial charge < -0.3 is 6.42 Å². The topological polar surface area (TPSA) is 0 Å². The second-order valence-electron chi connectivity index (χ2n) is 2.30. The zero-order valence-corrected chi connectivity index (χ0v) is 10.2. The number of halogens is 3. The molecule has 0 aliphatic carbocycles. The van der Waals surface area contributed by atoms with Crippen molar-refractivity contribution in [3.8, 4) is 0 Å². The quantitative estimate of drug-likeness (QED) is 0.650. The Labute approximate surface area is 82.9 Å². The fourth-order valence-electron chi connectivity index (χ4n) is 0.369. The molecule has 0 spiro atoms. The molecule has 10 heavy (non-hydrogen) atoms. The minimum absolute atomic E-state index is 0. The van der Waals surface area contributed by atoms with E-state index < -0.39 is 12.6 Å². The molecule has 4 heteroatoms. The zero-order valence-electron chi connectivity index (χ0n) is 6.00. The molecule has 60 valence electrons. The Kier molecular flexibility index (Phi) is 7.37. The third-order valence-corrected chi connectivity index (χ3v) is 0.821. The Morgan fingerprint density at radius 1 is 1.30 bits per heavy atom. The van der Waals surface area contributed by atoms with Crippen LogP contribution in [0.2, 0.25) is 0 Å². The monoisotopic (exact) mass is 377 g/mol. The van der Waals surface area contributed by atoms with Gasteiger partial charge in [-0.2, -0.15) is 19.1 Å². The van der Waals surface area contributed by atoms with Crippen LogP contribution in [0.1, 0.15) is 20.3 Å². The molecular formula is C6H10F3U-. The maximum atomic E-state index is 11.4. The molecule has 0 aliphatic rings. The standard InChI is InChI=1S/C6H10F3.U/c1-5(2)3-4-6(7,8)9;/h3,5H,4H2,1-2H3;/q-1;. The van der Waals surface area contributed by atoms with Crippen LogP contribution >= 0.6 is 0 Å². The first-order valence-corrected chi connectivity index (χ1v) is 2.82. The molecule has 0 bridgehead atoms. The van der Waals surface area contributed by atoms with E-state index in [1.165, 1.54) is 6.42 Å². The number of rotatable bonds is 2. The van der Waals surface area contributed by atoms with Crippen molar-refractivity contribution in [3.05, 3.63) is 6.42 Å². The van der Waals surface area contributed by atoms with Crippen LogP contribution < -0.4 is 0 Å². The Morgan fingerprint density at radius 2 is 1.70 bits per heavy atom. The second kappa shape index (κ2) is 5.49. The smallest absolute Gasteiger partial charge is 0.317 e. The molecule has 0 nitrogen and oxygen atoms in total. The van der Waals surface area contributed by atoms with Gasteiger partial charge in [0.1, 0.15) is 0 Å². The summed E-state index contributed by atoms with van der Waals surface area (Å²) in [6.45, 7) is 3.46. The summed E-state index contributed by atoms with van der Waals surface area (Å²) in [5.74, 6) is 0.0200. The van der Waals surface area contributed by atoms with E-state index in [2.05, 4.69) is 0 Å². The minimum Gasteiger partial charge on any atom is -0.317 e. The molecule has 0 saturated heterocycles. The molecule has 0 saturated carbocycles. The van der Waals surface area contributed by atoms with Crippen molar-refractivity contribution >= 4 is 0 Å². The van der Waals surface area contributed by atoms with Gasteiger partial charge in [-0.25, -0.2) is 0 Å². The van der Waals surface area contributed by atoms with Crippen LogP contribution in [0.25, 0.3) is 0 Å². The molecule has 0 heterocycles. The first-order chi connectivity index (χ1) is 3.92. The molecule has 0 atom stereocenters. The Morgan fingerprint density at radius 3 is 1.80 bits per heavy atom. The van der Waals surface area contributed by atoms with E-state index in [4.69, 9.17) is 0 Å². The van der Waals surface area contributed by atoms with Gasteiger partial charge in [0, 0.05) is 31.1 Å². The van der Waals surface area contributed by atoms with Gasteiger partial charge in [0.15, 0.2) is 0 Å². The second-order valence-corrected chi connectivity index (χ2v) is 2.30. The van der Waals surface area contributed by atoms with E-state index in [0.29, 0.717) is 0 Å². The van der Waals surface area contributed by atoms with E-state index in [1.807, 2.05) is 0 Å². The molecule has 0 amide bonds. The molecule has 0 aromatic heterocycles. The summed E-state index contributed by atoms with van der Waals surface area (Å²) < 4.78 is 34.2. The molecule has 0 rings (SSSR count). The summed E-state index contributed by atoms with van der Waals surface area (Å²) >= 11 is 0. The maximum absolute atomic E-state index is 11.4. The van der Waals surface area contributed by atoms with Crippen LogP contribution in [0.5, 0.6) is 0 Å². The van der Waals surface area contributed by atoms with Crippen LogP contribution in [0, 0.1) is 43.5 Å². The molecule has 0 aromatic carbocycles. The van der Waals surface area contributed by atoms with Gasteiger partial charge in [-0.1, -0.05) is 20.3 Å². The van der Waals surface area contributed by atoms with Gasteiger partial charge in [0.05, 0.1) is 0 Å². The van der Waals surface area contributed by atoms with Gasteiger partial charge >= 0.3 is 6.18 Å². The first kappa shape index (κ1) is 13.4. The van der Waals surface area contributed by atoms with E-state index in [0.717, 1.165) is 0 Å². The molecule has 0 fully saturated rings. The zero-order chi connectivity index (χ0) is 7.49. The average molecular weight is 377 g/mol. The van der Waals surface area contributed by atoms with Gasteiger partial charge in [-0.05, 0) is 0 Å². The van der Waals surface area contributed by atoms with Crippen molar-refractivity contribution in [3.63, 3.8) is 0 Å². The van der Waals surface area contributed by atoms with Crippen molar-refractivity contribution in [2.24, 2.45) is 5.92 Å². The van der Waals surface area contributed by atoms with Crippen LogP contribution in [0.4, 0.5) is 13.2 Å². The van der Waals surface area contributed by atoms with Crippen molar-refractivity contribution in [2.45, 2.75) is 26.4 Å². The summed E-state index contributed by atoms with van der Waals surface area (Å²) in [6.07, 6.45) is -3.55. The molecule has 0 N–H and O–H groups in total. The molecular weight excluding hydrogens is 367 g/mol. The summed E-state index contributed by atoms with van der Waals surface area (Å²) in [5.41, 5.74) is 0. The fourth-order valence-corrected chi connectivity index (χ4v) is 0.369. The van der Waals surface area contributed by atoms with Crippen molar-refractivity contribution < 1.29 is 44.3 Å². The molecule has 0 aliphatic heterocycles. The summed E-state index contributed by atoms with van der Waals surface area (Å²) in [4.78, 5) is 0. The summed E-state index contributed by atoms with van der Waals surface area (Å²) in [7, 11) is 0.